The molecular weight excluding hydrogens is 230 g/mol. The first-order valence-corrected chi connectivity index (χ1v) is 7.80. The quantitative estimate of drug-likeness (QED) is 0.848. The number of hydrogen-bond acceptors (Lipinski definition) is 1. The Kier molecular flexibility index (Phi) is 4.35. The van der Waals surface area contributed by atoms with Crippen molar-refractivity contribution in [1.29, 1.82) is 0 Å². The van der Waals surface area contributed by atoms with Crippen LogP contribution in [0, 0.1) is 0 Å². The fraction of sp³-hybridized carbons (Fsp3) is 0.667. The summed E-state index contributed by atoms with van der Waals surface area (Å²) in [7, 11) is 0. The van der Waals surface area contributed by atoms with Gasteiger partial charge in [0.2, 0.25) is 0 Å². The fourth-order valence-electron chi connectivity index (χ4n) is 3.03. The molecule has 1 nitrogen and oxygen atoms in total. The molecule has 1 aliphatic rings. The van der Waals surface area contributed by atoms with E-state index >= 15 is 0 Å². The maximum absolute atomic E-state index is 3.52. The van der Waals surface area contributed by atoms with Gasteiger partial charge in [-0.1, -0.05) is 52.0 Å². The molecule has 1 aromatic carbocycles. The molecule has 0 spiro atoms. The average molecular weight is 259 g/mol. The van der Waals surface area contributed by atoms with Gasteiger partial charge >= 0.3 is 0 Å². The Morgan fingerprint density at radius 3 is 2.42 bits per heavy atom. The molecular formula is C18H29N. The highest BCUT2D eigenvalue weighted by molar-refractivity contribution is 5.32. The summed E-state index contributed by atoms with van der Waals surface area (Å²) in [5.74, 6) is 0. The summed E-state index contributed by atoms with van der Waals surface area (Å²) in [6, 6.07) is 9.45. The highest BCUT2D eigenvalue weighted by atomic mass is 14.9. The molecule has 0 bridgehead atoms. The van der Waals surface area contributed by atoms with Gasteiger partial charge in [0, 0.05) is 0 Å². The lowest BCUT2D eigenvalue weighted by molar-refractivity contribution is 0.419. The van der Waals surface area contributed by atoms with Gasteiger partial charge in [0.1, 0.15) is 0 Å². The molecule has 1 fully saturated rings. The molecule has 106 valence electrons. The minimum absolute atomic E-state index is 0.296. The monoisotopic (exact) mass is 259 g/mol. The summed E-state index contributed by atoms with van der Waals surface area (Å²) in [5, 5.41) is 3.52. The van der Waals surface area contributed by atoms with Gasteiger partial charge in [0.15, 0.2) is 0 Å². The van der Waals surface area contributed by atoms with Gasteiger partial charge in [0.05, 0.1) is 0 Å². The molecule has 0 saturated carbocycles. The van der Waals surface area contributed by atoms with Crippen LogP contribution in [0.4, 0.5) is 0 Å². The Hall–Kier alpha value is -0.820. The van der Waals surface area contributed by atoms with E-state index in [9.17, 15) is 0 Å². The minimum Gasteiger partial charge on any atom is -0.317 e. The fourth-order valence-corrected chi connectivity index (χ4v) is 3.03. The van der Waals surface area contributed by atoms with Crippen molar-refractivity contribution in [1.82, 2.24) is 5.32 Å². The lowest BCUT2D eigenvalue weighted by atomic mass is 9.75. The van der Waals surface area contributed by atoms with Crippen molar-refractivity contribution >= 4 is 0 Å². The standard InChI is InChI=1S/C18H29N/c1-5-17(2,3)15-7-9-16(10-8-15)18(4)11-6-13-19-14-12-18/h7-10,19H,5-6,11-14H2,1-4H3. The maximum atomic E-state index is 3.52. The normalized spacial score (nSPS) is 25.1. The Bertz CT molecular complexity index is 394. The maximum Gasteiger partial charge on any atom is -0.00405 e. The van der Waals surface area contributed by atoms with Gasteiger partial charge in [-0.25, -0.2) is 0 Å². The third-order valence-corrected chi connectivity index (χ3v) is 5.18. The highest BCUT2D eigenvalue weighted by Crippen LogP contribution is 2.35. The first kappa shape index (κ1) is 14.6. The summed E-state index contributed by atoms with van der Waals surface area (Å²) in [6.07, 6.45) is 5.03. The Balaban J connectivity index is 2.22. The van der Waals surface area contributed by atoms with Crippen LogP contribution < -0.4 is 5.32 Å². The molecule has 0 aliphatic carbocycles. The molecule has 19 heavy (non-hydrogen) atoms. The van der Waals surface area contributed by atoms with Gasteiger partial charge in [0.25, 0.3) is 0 Å². The molecule has 1 aliphatic heterocycles. The van der Waals surface area contributed by atoms with Crippen LogP contribution in [0.3, 0.4) is 0 Å². The Labute approximate surface area is 118 Å². The molecule has 1 heterocycles. The molecule has 1 aromatic rings. The summed E-state index contributed by atoms with van der Waals surface area (Å²) in [6.45, 7) is 11.7. The van der Waals surface area contributed by atoms with Crippen molar-refractivity contribution in [2.45, 2.75) is 64.2 Å². The summed E-state index contributed by atoms with van der Waals surface area (Å²) in [4.78, 5) is 0. The van der Waals surface area contributed by atoms with E-state index < -0.39 is 0 Å². The second-order valence-electron chi connectivity index (χ2n) is 6.98. The van der Waals surface area contributed by atoms with Crippen LogP contribution in [0.25, 0.3) is 0 Å². The molecule has 0 aromatic heterocycles. The molecule has 1 N–H and O–H groups in total. The van der Waals surface area contributed by atoms with Gasteiger partial charge in [-0.05, 0) is 60.7 Å². The number of benzene rings is 1. The molecule has 1 saturated heterocycles. The van der Waals surface area contributed by atoms with Crippen molar-refractivity contribution in [3.63, 3.8) is 0 Å². The van der Waals surface area contributed by atoms with Crippen LogP contribution in [0.15, 0.2) is 24.3 Å². The molecule has 1 atom stereocenters. The molecule has 1 heteroatoms. The Morgan fingerprint density at radius 1 is 1.11 bits per heavy atom. The van der Waals surface area contributed by atoms with E-state index in [1.165, 1.54) is 43.4 Å². The topological polar surface area (TPSA) is 12.0 Å². The van der Waals surface area contributed by atoms with Crippen LogP contribution in [-0.2, 0) is 10.8 Å². The Morgan fingerprint density at radius 2 is 1.79 bits per heavy atom. The molecule has 0 amide bonds. The summed E-state index contributed by atoms with van der Waals surface area (Å²) in [5.41, 5.74) is 3.64. The second kappa shape index (κ2) is 5.66. The predicted octanol–water partition coefficient (Wildman–Crippen LogP) is 4.41. The zero-order chi connectivity index (χ0) is 13.9. The number of hydrogen-bond donors (Lipinski definition) is 1. The molecule has 1 unspecified atom stereocenters. The number of nitrogens with one attached hydrogen (secondary N) is 1. The highest BCUT2D eigenvalue weighted by Gasteiger charge is 2.28. The number of rotatable bonds is 3. The van der Waals surface area contributed by atoms with Crippen molar-refractivity contribution in [3.8, 4) is 0 Å². The smallest absolute Gasteiger partial charge is 0.00405 e. The third-order valence-electron chi connectivity index (χ3n) is 5.18. The van der Waals surface area contributed by atoms with Gasteiger partial charge < -0.3 is 5.32 Å². The predicted molar refractivity (Wildman–Crippen MR) is 83.8 cm³/mol. The zero-order valence-electron chi connectivity index (χ0n) is 13.1. The summed E-state index contributed by atoms with van der Waals surface area (Å²) >= 11 is 0. The largest absolute Gasteiger partial charge is 0.317 e. The van der Waals surface area contributed by atoms with Crippen LogP contribution in [0.1, 0.15) is 64.5 Å². The van der Waals surface area contributed by atoms with E-state index in [4.69, 9.17) is 0 Å². The average Bonchev–Trinajstić information content (AvgIpc) is 2.65. The van der Waals surface area contributed by atoms with Crippen LogP contribution in [0.2, 0.25) is 0 Å². The van der Waals surface area contributed by atoms with E-state index in [0.717, 1.165) is 6.54 Å². The van der Waals surface area contributed by atoms with Gasteiger partial charge in [-0.2, -0.15) is 0 Å². The van der Waals surface area contributed by atoms with E-state index in [2.05, 4.69) is 57.3 Å². The SMILES string of the molecule is CCC(C)(C)c1ccc(C2(C)CCCNCC2)cc1. The third kappa shape index (κ3) is 3.20. The lowest BCUT2D eigenvalue weighted by Gasteiger charge is -2.30. The van der Waals surface area contributed by atoms with E-state index in [1.54, 1.807) is 0 Å². The van der Waals surface area contributed by atoms with Crippen molar-refractivity contribution < 1.29 is 0 Å². The first-order chi connectivity index (χ1) is 8.98. The lowest BCUT2D eigenvalue weighted by Crippen LogP contribution is -2.24. The van der Waals surface area contributed by atoms with Crippen molar-refractivity contribution in [3.05, 3.63) is 35.4 Å². The minimum atomic E-state index is 0.296. The van der Waals surface area contributed by atoms with E-state index in [1.807, 2.05) is 0 Å². The van der Waals surface area contributed by atoms with Crippen LogP contribution in [-0.4, -0.2) is 13.1 Å². The first-order valence-electron chi connectivity index (χ1n) is 7.80. The van der Waals surface area contributed by atoms with Gasteiger partial charge in [-0.3, -0.25) is 0 Å². The van der Waals surface area contributed by atoms with E-state index in [0.29, 0.717) is 10.8 Å². The molecule has 2 rings (SSSR count). The van der Waals surface area contributed by atoms with Crippen molar-refractivity contribution in [2.75, 3.05) is 13.1 Å². The van der Waals surface area contributed by atoms with Gasteiger partial charge in [-0.15, -0.1) is 0 Å². The van der Waals surface area contributed by atoms with Crippen molar-refractivity contribution in [2.24, 2.45) is 0 Å². The molecule has 0 radical (unpaired) electrons. The van der Waals surface area contributed by atoms with Crippen LogP contribution in [0.5, 0.6) is 0 Å². The zero-order valence-corrected chi connectivity index (χ0v) is 13.1. The second-order valence-corrected chi connectivity index (χ2v) is 6.98. The van der Waals surface area contributed by atoms with Crippen LogP contribution >= 0.6 is 0 Å². The summed E-state index contributed by atoms with van der Waals surface area (Å²) < 4.78 is 0. The van der Waals surface area contributed by atoms with E-state index in [-0.39, 0.29) is 0 Å².